The van der Waals surface area contributed by atoms with E-state index in [9.17, 15) is 4.79 Å². The molecular weight excluding hydrogens is 561 g/mol. The first-order chi connectivity index (χ1) is 20.0. The van der Waals surface area contributed by atoms with E-state index < -0.39 is 0 Å². The Morgan fingerprint density at radius 1 is 1.10 bits per heavy atom. The minimum Gasteiger partial charge on any atom is -0.481 e. The fourth-order valence-electron chi connectivity index (χ4n) is 5.26. The third kappa shape index (κ3) is 5.94. The average Bonchev–Trinajstić information content (AvgIpc) is 3.60. The van der Waals surface area contributed by atoms with Crippen molar-refractivity contribution in [3.8, 4) is 39.5 Å². The molecular formula is C30H31Cl2N7O2. The molecule has 2 aliphatic heterocycles. The molecule has 5 heterocycles. The summed E-state index contributed by atoms with van der Waals surface area (Å²) in [6.45, 7) is 4.15. The van der Waals surface area contributed by atoms with Crippen molar-refractivity contribution >= 4 is 29.1 Å². The molecule has 0 saturated carbocycles. The van der Waals surface area contributed by atoms with Crippen molar-refractivity contribution in [2.75, 3.05) is 26.7 Å². The highest BCUT2D eigenvalue weighted by molar-refractivity contribution is 6.39. The van der Waals surface area contributed by atoms with Gasteiger partial charge in [-0.2, -0.15) is 5.10 Å². The molecule has 2 fully saturated rings. The second-order valence-corrected chi connectivity index (χ2v) is 11.2. The predicted molar refractivity (Wildman–Crippen MR) is 160 cm³/mol. The van der Waals surface area contributed by atoms with E-state index in [1.165, 1.54) is 0 Å². The van der Waals surface area contributed by atoms with Gasteiger partial charge in [-0.1, -0.05) is 47.5 Å². The van der Waals surface area contributed by atoms with E-state index in [0.717, 1.165) is 53.9 Å². The number of amides is 1. The number of nitrogens with zero attached hydrogens (tertiary/aromatic N) is 4. The van der Waals surface area contributed by atoms with Gasteiger partial charge in [-0.15, -0.1) is 0 Å². The van der Waals surface area contributed by atoms with Crippen LogP contribution in [0, 0.1) is 5.92 Å². The molecule has 9 nitrogen and oxygen atoms in total. The second kappa shape index (κ2) is 12.2. The van der Waals surface area contributed by atoms with E-state index in [-0.39, 0.29) is 11.9 Å². The van der Waals surface area contributed by atoms with Crippen molar-refractivity contribution in [3.05, 3.63) is 70.6 Å². The number of nitrogens with one attached hydrogen (secondary N) is 3. The largest absolute Gasteiger partial charge is 0.481 e. The third-order valence-corrected chi connectivity index (χ3v) is 8.39. The van der Waals surface area contributed by atoms with Gasteiger partial charge in [0.05, 0.1) is 34.7 Å². The molecule has 11 heteroatoms. The Morgan fingerprint density at radius 3 is 2.68 bits per heavy atom. The lowest BCUT2D eigenvalue weighted by molar-refractivity contribution is -0.119. The van der Waals surface area contributed by atoms with Gasteiger partial charge in [0.15, 0.2) is 0 Å². The van der Waals surface area contributed by atoms with Crippen LogP contribution in [0.25, 0.3) is 33.6 Å². The van der Waals surface area contributed by atoms with Crippen LogP contribution >= 0.6 is 23.2 Å². The van der Waals surface area contributed by atoms with Crippen LogP contribution in [0.4, 0.5) is 0 Å². The van der Waals surface area contributed by atoms with Gasteiger partial charge in [-0.25, -0.2) is 4.98 Å². The summed E-state index contributed by atoms with van der Waals surface area (Å²) in [7, 11) is 1.61. The highest BCUT2D eigenvalue weighted by atomic mass is 35.5. The first-order valence-corrected chi connectivity index (χ1v) is 14.5. The zero-order valence-corrected chi connectivity index (χ0v) is 24.2. The van der Waals surface area contributed by atoms with Gasteiger partial charge in [0.1, 0.15) is 0 Å². The number of ether oxygens (including phenoxy) is 1. The lowest BCUT2D eigenvalue weighted by atomic mass is 10.00. The molecule has 3 N–H and O–H groups in total. The van der Waals surface area contributed by atoms with Crippen LogP contribution in [0.5, 0.6) is 5.88 Å². The quantitative estimate of drug-likeness (QED) is 0.248. The fraction of sp³-hybridized carbons (Fsp3) is 0.333. The Hall–Kier alpha value is -3.50. The van der Waals surface area contributed by atoms with Crippen LogP contribution in [0.2, 0.25) is 10.0 Å². The van der Waals surface area contributed by atoms with E-state index in [4.69, 9.17) is 32.9 Å². The SMILES string of the molecule is COc1nc(-c2cccc(-c3ccnc(-c4cnn(CC5CNC5)c4)c3Cl)c2Cl)ccc1CNC[C@H]1CCC(=O)N1. The molecule has 3 aromatic heterocycles. The van der Waals surface area contributed by atoms with Crippen LogP contribution < -0.4 is 20.7 Å². The number of rotatable bonds is 10. The lowest BCUT2D eigenvalue weighted by Gasteiger charge is -2.26. The average molecular weight is 593 g/mol. The van der Waals surface area contributed by atoms with Gasteiger partial charge in [-0.3, -0.25) is 14.5 Å². The molecule has 0 bridgehead atoms. The number of benzene rings is 1. The summed E-state index contributed by atoms with van der Waals surface area (Å²) in [5, 5.41) is 15.2. The smallest absolute Gasteiger partial charge is 0.220 e. The van der Waals surface area contributed by atoms with Crippen LogP contribution in [0.15, 0.2) is 55.0 Å². The molecule has 1 atom stereocenters. The monoisotopic (exact) mass is 591 g/mol. The van der Waals surface area contributed by atoms with Gasteiger partial charge in [0.25, 0.3) is 0 Å². The lowest BCUT2D eigenvalue weighted by Crippen LogP contribution is -2.44. The Morgan fingerprint density at radius 2 is 1.93 bits per heavy atom. The van der Waals surface area contributed by atoms with Crippen molar-refractivity contribution in [3.63, 3.8) is 0 Å². The van der Waals surface area contributed by atoms with Gasteiger partial charge in [0, 0.05) is 91.3 Å². The maximum Gasteiger partial charge on any atom is 0.220 e. The molecule has 4 aromatic rings. The summed E-state index contributed by atoms with van der Waals surface area (Å²) in [6, 6.07) is 11.8. The standard InChI is InChI=1S/C30H31Cl2N7O2/c1-41-30-19(13-34-15-21-6-8-26(40)37-21)5-7-25(38-30)24-4-2-3-22(27(24)31)23-9-10-35-29(28(23)32)20-14-36-39(17-20)16-18-11-33-12-18/h2-5,7,9-10,14,17-18,21,33-34H,6,8,11-13,15-16H2,1H3,(H,37,40)/t21-/m1/s1. The molecule has 0 aliphatic carbocycles. The molecule has 0 unspecified atom stereocenters. The number of halogens is 2. The van der Waals surface area contributed by atoms with E-state index in [2.05, 4.69) is 26.0 Å². The molecule has 0 spiro atoms. The zero-order chi connectivity index (χ0) is 28.3. The molecule has 0 radical (unpaired) electrons. The molecule has 41 heavy (non-hydrogen) atoms. The number of aromatic nitrogens is 4. The fourth-order valence-corrected chi connectivity index (χ4v) is 5.91. The van der Waals surface area contributed by atoms with E-state index >= 15 is 0 Å². The van der Waals surface area contributed by atoms with E-state index in [0.29, 0.717) is 52.7 Å². The minimum atomic E-state index is 0.108. The minimum absolute atomic E-state index is 0.108. The number of hydrogen-bond acceptors (Lipinski definition) is 7. The summed E-state index contributed by atoms with van der Waals surface area (Å²) < 4.78 is 7.57. The predicted octanol–water partition coefficient (Wildman–Crippen LogP) is 4.58. The van der Waals surface area contributed by atoms with Crippen molar-refractivity contribution in [1.29, 1.82) is 0 Å². The van der Waals surface area contributed by atoms with Gasteiger partial charge < -0.3 is 20.7 Å². The van der Waals surface area contributed by atoms with Gasteiger partial charge in [0.2, 0.25) is 11.8 Å². The first-order valence-electron chi connectivity index (χ1n) is 13.7. The number of hydrogen-bond donors (Lipinski definition) is 3. The normalized spacial score (nSPS) is 17.0. The third-order valence-electron chi connectivity index (χ3n) is 7.60. The van der Waals surface area contributed by atoms with Gasteiger partial charge >= 0.3 is 0 Å². The van der Waals surface area contributed by atoms with Crippen molar-refractivity contribution in [1.82, 2.24) is 35.7 Å². The number of pyridine rings is 2. The van der Waals surface area contributed by atoms with E-state index in [1.54, 1.807) is 19.5 Å². The molecule has 212 valence electrons. The number of carbonyl (C=O) groups excluding carboxylic acids is 1. The van der Waals surface area contributed by atoms with E-state index in [1.807, 2.05) is 47.3 Å². The van der Waals surface area contributed by atoms with Crippen LogP contribution in [0.3, 0.4) is 0 Å². The summed E-state index contributed by atoms with van der Waals surface area (Å²) >= 11 is 13.9. The highest BCUT2D eigenvalue weighted by Crippen LogP contribution is 2.41. The molecule has 1 amide bonds. The molecule has 2 saturated heterocycles. The Labute approximate surface area is 248 Å². The Balaban J connectivity index is 1.23. The van der Waals surface area contributed by atoms with Crippen molar-refractivity contribution < 1.29 is 9.53 Å². The van der Waals surface area contributed by atoms with Crippen molar-refractivity contribution in [2.24, 2.45) is 5.92 Å². The topological polar surface area (TPSA) is 106 Å². The molecule has 1 aromatic carbocycles. The summed E-state index contributed by atoms with van der Waals surface area (Å²) in [6.07, 6.45) is 6.97. The van der Waals surface area contributed by atoms with Crippen molar-refractivity contribution in [2.45, 2.75) is 32.0 Å². The summed E-state index contributed by atoms with van der Waals surface area (Å²) in [5.41, 5.74) is 5.48. The maximum absolute atomic E-state index is 11.5. The van der Waals surface area contributed by atoms with Crippen LogP contribution in [-0.2, 0) is 17.9 Å². The van der Waals surface area contributed by atoms with Crippen LogP contribution in [-0.4, -0.2) is 58.4 Å². The number of carbonyl (C=O) groups is 1. The molecule has 6 rings (SSSR count). The zero-order valence-electron chi connectivity index (χ0n) is 22.7. The Bertz CT molecular complexity index is 1570. The summed E-state index contributed by atoms with van der Waals surface area (Å²) in [5.74, 6) is 1.22. The maximum atomic E-state index is 11.5. The Kier molecular flexibility index (Phi) is 8.20. The summed E-state index contributed by atoms with van der Waals surface area (Å²) in [4.78, 5) is 20.8. The molecule has 2 aliphatic rings. The first kappa shape index (κ1) is 27.7. The second-order valence-electron chi connectivity index (χ2n) is 10.5. The number of methoxy groups -OCH3 is 1. The van der Waals surface area contributed by atoms with Gasteiger partial charge in [-0.05, 0) is 18.6 Å². The highest BCUT2D eigenvalue weighted by Gasteiger charge is 2.22. The van der Waals surface area contributed by atoms with Crippen LogP contribution in [0.1, 0.15) is 18.4 Å².